The van der Waals surface area contributed by atoms with E-state index in [9.17, 15) is 34.6 Å². The van der Waals surface area contributed by atoms with E-state index in [1.165, 1.54) is 22.7 Å². The molecule has 1 fully saturated rings. The van der Waals surface area contributed by atoms with Gasteiger partial charge in [-0.3, -0.25) is 9.59 Å². The van der Waals surface area contributed by atoms with Gasteiger partial charge in [-0.15, -0.1) is 18.3 Å². The van der Waals surface area contributed by atoms with Crippen LogP contribution in [0.4, 0.5) is 5.69 Å². The molecule has 1 amide bonds. The van der Waals surface area contributed by atoms with Crippen molar-refractivity contribution in [3.8, 4) is 17.1 Å². The molecule has 9 rings (SSSR count). The third-order valence-corrected chi connectivity index (χ3v) is 14.4. The molecule has 0 bridgehead atoms. The van der Waals surface area contributed by atoms with Crippen LogP contribution in [0.3, 0.4) is 0 Å². The third-order valence-electron chi connectivity index (χ3n) is 12.9. The number of hydroxylamine groups is 1. The number of aldehydes is 2. The van der Waals surface area contributed by atoms with Gasteiger partial charge in [0.1, 0.15) is 30.4 Å². The van der Waals surface area contributed by atoms with Crippen molar-refractivity contribution >= 4 is 46.8 Å². The van der Waals surface area contributed by atoms with Gasteiger partial charge in [0.2, 0.25) is 0 Å². The van der Waals surface area contributed by atoms with Crippen molar-refractivity contribution in [1.29, 1.82) is 0 Å². The summed E-state index contributed by atoms with van der Waals surface area (Å²) >= 11 is 1.51. The smallest absolute Gasteiger partial charge is 0.258 e. The first-order valence-electron chi connectivity index (χ1n) is 23.0. The summed E-state index contributed by atoms with van der Waals surface area (Å²) in [4.78, 5) is 50.2. The van der Waals surface area contributed by atoms with Gasteiger partial charge in [-0.1, -0.05) is 44.7 Å². The summed E-state index contributed by atoms with van der Waals surface area (Å²) in [5, 5.41) is 36.9. The van der Waals surface area contributed by atoms with Gasteiger partial charge in [0.05, 0.1) is 48.0 Å². The minimum Gasteiger partial charge on any atom is -0.674 e. The van der Waals surface area contributed by atoms with Crippen LogP contribution in [0.5, 0.6) is 5.75 Å². The average Bonchev–Trinajstić information content (AvgIpc) is 4.06. The quantitative estimate of drug-likeness (QED) is 0.0432. The largest absolute Gasteiger partial charge is 0.674 e. The van der Waals surface area contributed by atoms with Gasteiger partial charge in [0, 0.05) is 124 Å². The molecule has 1 saturated heterocycles. The van der Waals surface area contributed by atoms with Crippen LogP contribution in [0, 0.1) is 5.92 Å². The molecule has 7 heterocycles. The van der Waals surface area contributed by atoms with Gasteiger partial charge in [-0.25, -0.2) is 10.5 Å². The molecule has 5 atom stereocenters. The molecule has 367 valence electrons. The van der Waals surface area contributed by atoms with Crippen molar-refractivity contribution in [3.63, 3.8) is 0 Å². The van der Waals surface area contributed by atoms with Crippen molar-refractivity contribution in [2.75, 3.05) is 39.1 Å². The SMILES string of the molecule is C=C1C=CC(=O)N1CCC=O.C=C1OCc2c(cc3n(c2=O)Cc2c-3nc3cc4c(cc3c2CO)CCO4)C1CC.CNCCC=O.CNc1cc(C[NH-])ccc1CC1CC(NO)C(C)SC1O.[Y]. The van der Waals surface area contributed by atoms with Crippen LogP contribution < -0.4 is 26.4 Å². The molecule has 5 aliphatic rings. The number of carbonyl (C=O) groups excluding carboxylic acids is 3. The van der Waals surface area contributed by atoms with Crippen LogP contribution in [-0.2, 0) is 91.0 Å². The number of fused-ring (bicyclic) bond motifs is 6. The van der Waals surface area contributed by atoms with Crippen molar-refractivity contribution < 1.29 is 72.0 Å². The summed E-state index contributed by atoms with van der Waals surface area (Å²) in [6, 6.07) is 12.1. The van der Waals surface area contributed by atoms with Crippen molar-refractivity contribution in [2.45, 2.75) is 101 Å². The maximum absolute atomic E-state index is 13.3. The number of aliphatic hydroxyl groups excluding tert-OH is 2. The standard InChI is InChI=1S/C24H22N2O4.C15H24N3O2S.C8H9NO2.C4H9NO.Y/c1-3-14-12(2)30-11-19-15(14)7-21-23-17(9-26(21)24(19)28)18(10-27)16-6-13-4-5-29-22(13)8-20(16)25-23;1-9-13(18-20)7-12(15(19)21-9)6-11-4-3-10(8-16)5-14(11)17-2;1-7-3-4-8(11)9(7)5-2-6-10;1-5-3-2-4-6;/h6-8,14,27H,2-5,9-11H2,1H3;3-5,9,12-13,15-20H,6-8H2,1-2H3;3-4,6H,1-2,5H2;4-5H,2-3H2,1H3;/q;-1;;;. The van der Waals surface area contributed by atoms with Crippen LogP contribution in [-0.4, -0.2) is 98.9 Å². The second-order valence-electron chi connectivity index (χ2n) is 17.1. The van der Waals surface area contributed by atoms with Gasteiger partial charge >= 0.3 is 0 Å². The number of benzene rings is 2. The summed E-state index contributed by atoms with van der Waals surface area (Å²) in [6.45, 7) is 14.5. The Kier molecular flexibility index (Phi) is 20.9. The maximum atomic E-state index is 13.3. The van der Waals surface area contributed by atoms with Crippen LogP contribution in [0.1, 0.15) is 84.4 Å². The fourth-order valence-electron chi connectivity index (χ4n) is 9.12. The minimum atomic E-state index is -0.412. The molecule has 2 aromatic heterocycles. The topological polar surface area (TPSA) is 228 Å². The molecule has 0 spiro atoms. The monoisotopic (exact) mass is 1040 g/mol. The number of nitrogens with one attached hydrogen (secondary N) is 4. The number of pyridine rings is 2. The molecule has 5 aliphatic heterocycles. The van der Waals surface area contributed by atoms with E-state index in [1.54, 1.807) is 10.6 Å². The zero-order chi connectivity index (χ0) is 49.1. The molecule has 5 unspecified atom stereocenters. The number of aliphatic hydroxyl groups is 2. The number of carbonyl (C=O) groups is 3. The Morgan fingerprint density at radius 3 is 2.43 bits per heavy atom. The van der Waals surface area contributed by atoms with Gasteiger partial charge < -0.3 is 60.3 Å². The first kappa shape index (κ1) is 55.4. The summed E-state index contributed by atoms with van der Waals surface area (Å²) in [5.74, 6) is 1.59. The van der Waals surface area contributed by atoms with Crippen LogP contribution >= 0.6 is 11.8 Å². The van der Waals surface area contributed by atoms with E-state index in [4.69, 9.17) is 20.2 Å². The van der Waals surface area contributed by atoms with Crippen LogP contribution in [0.25, 0.3) is 28.0 Å². The number of hydrogen-bond acceptors (Lipinski definition) is 14. The number of anilines is 1. The van der Waals surface area contributed by atoms with E-state index in [2.05, 4.69) is 48.3 Å². The number of nitrogens with zero attached hydrogens (tertiary/aromatic N) is 3. The summed E-state index contributed by atoms with van der Waals surface area (Å²) < 4.78 is 13.2. The molecule has 7 N–H and O–H groups in total. The van der Waals surface area contributed by atoms with E-state index >= 15 is 0 Å². The van der Waals surface area contributed by atoms with Gasteiger partial charge in [-0.05, 0) is 78.8 Å². The first-order chi connectivity index (χ1) is 32.9. The molecule has 4 aromatic rings. The minimum absolute atomic E-state index is 0. The van der Waals surface area contributed by atoms with Crippen molar-refractivity contribution in [2.24, 2.45) is 5.92 Å². The fraction of sp³-hybridized carbons (Fsp3) is 0.431. The Morgan fingerprint density at radius 1 is 1.04 bits per heavy atom. The maximum Gasteiger partial charge on any atom is 0.258 e. The molecular weight excluding hydrogens is 976 g/mol. The van der Waals surface area contributed by atoms with Gasteiger partial charge in [-0.2, -0.15) is 0 Å². The number of rotatable bonds is 13. The normalized spacial score (nSPS) is 20.3. The summed E-state index contributed by atoms with van der Waals surface area (Å²) in [7, 11) is 3.70. The number of allylic oxidation sites excluding steroid dienone is 2. The van der Waals surface area contributed by atoms with Gasteiger partial charge in [0.15, 0.2) is 0 Å². The second kappa shape index (κ2) is 26.1. The number of hydrogen-bond donors (Lipinski definition) is 6. The molecule has 2 aromatic carbocycles. The molecule has 1 radical (unpaired) electrons. The molecule has 18 heteroatoms. The summed E-state index contributed by atoms with van der Waals surface area (Å²) in [6.07, 6.45) is 8.96. The number of thioether (sulfide) groups is 1. The predicted molar refractivity (Wildman–Crippen MR) is 266 cm³/mol. The van der Waals surface area contributed by atoms with Crippen molar-refractivity contribution in [1.82, 2.24) is 25.2 Å². The molecule has 0 aliphatic carbocycles. The molecule has 69 heavy (non-hydrogen) atoms. The summed E-state index contributed by atoms with van der Waals surface area (Å²) in [5.41, 5.74) is 20.1. The Bertz CT molecular complexity index is 2590. The van der Waals surface area contributed by atoms with E-state index in [1.807, 2.05) is 45.3 Å². The Labute approximate surface area is 433 Å². The Balaban J connectivity index is 0.000000198. The van der Waals surface area contributed by atoms with E-state index in [-0.39, 0.29) is 87.1 Å². The number of aromatic nitrogens is 2. The van der Waals surface area contributed by atoms with Crippen molar-refractivity contribution in [3.05, 3.63) is 128 Å². The Morgan fingerprint density at radius 2 is 1.81 bits per heavy atom. The van der Waals surface area contributed by atoms with Crippen LogP contribution in [0.15, 0.2) is 78.0 Å². The molecular formula is C51H64N7O9SY-. The predicted octanol–water partition coefficient (Wildman–Crippen LogP) is 6.30. The first-order valence-corrected chi connectivity index (χ1v) is 24.0. The van der Waals surface area contributed by atoms with E-state index < -0.39 is 5.44 Å². The van der Waals surface area contributed by atoms with Gasteiger partial charge in [0.25, 0.3) is 11.5 Å². The zero-order valence-corrected chi connectivity index (χ0v) is 43.5. The fourth-order valence-corrected chi connectivity index (χ4v) is 10.4. The molecule has 16 nitrogen and oxygen atoms in total. The number of amides is 1. The Hall–Kier alpha value is -4.56. The average molecular weight is 1040 g/mol. The number of ether oxygens (including phenoxy) is 2. The third kappa shape index (κ3) is 12.7. The van der Waals surface area contributed by atoms with Crippen LogP contribution in [0.2, 0.25) is 0 Å². The van der Waals surface area contributed by atoms with E-state index in [0.29, 0.717) is 49.6 Å². The zero-order valence-electron chi connectivity index (χ0n) is 39.9. The van der Waals surface area contributed by atoms with E-state index in [0.717, 1.165) is 112 Å². The second-order valence-corrected chi connectivity index (χ2v) is 18.6. The molecule has 0 saturated carbocycles.